The molecule has 0 spiro atoms. The second-order valence-corrected chi connectivity index (χ2v) is 5.58. The summed E-state index contributed by atoms with van der Waals surface area (Å²) in [5.74, 6) is 1.81. The molecule has 1 amide bonds. The van der Waals surface area contributed by atoms with Crippen molar-refractivity contribution in [3.05, 3.63) is 0 Å². The number of carbonyl (C=O) groups excluding carboxylic acids is 2. The van der Waals surface area contributed by atoms with Gasteiger partial charge in [-0.15, -0.1) is 6.42 Å². The van der Waals surface area contributed by atoms with Crippen LogP contribution in [0, 0.1) is 18.3 Å². The monoisotopic (exact) mass is 237 g/mol. The van der Waals surface area contributed by atoms with Crippen LogP contribution in [0.3, 0.4) is 0 Å². The molecule has 1 atom stereocenters. The Kier molecular flexibility index (Phi) is 3.51. The number of hydrogen-bond donors (Lipinski definition) is 1. The van der Waals surface area contributed by atoms with E-state index in [-0.39, 0.29) is 5.92 Å². The van der Waals surface area contributed by atoms with Gasteiger partial charge >= 0.3 is 6.09 Å². The normalized spacial score (nSPS) is 18.8. The highest BCUT2D eigenvalue weighted by molar-refractivity contribution is 6.04. The lowest BCUT2D eigenvalue weighted by Crippen LogP contribution is -2.54. The van der Waals surface area contributed by atoms with E-state index in [0.717, 1.165) is 12.8 Å². The number of ether oxygens (including phenoxy) is 1. The maximum Gasteiger partial charge on any atom is 0.408 e. The summed E-state index contributed by atoms with van der Waals surface area (Å²) in [5, 5.41) is 2.61. The number of terminal acetylenes is 1. The van der Waals surface area contributed by atoms with Gasteiger partial charge in [0.05, 0.1) is 0 Å². The van der Waals surface area contributed by atoms with Crippen LogP contribution in [0.5, 0.6) is 0 Å². The molecule has 1 aliphatic carbocycles. The van der Waals surface area contributed by atoms with Crippen LogP contribution in [-0.4, -0.2) is 23.0 Å². The van der Waals surface area contributed by atoms with Crippen LogP contribution >= 0.6 is 0 Å². The molecule has 0 aromatic carbocycles. The molecule has 1 aliphatic rings. The lowest BCUT2D eigenvalue weighted by molar-refractivity contribution is -0.120. The summed E-state index contributed by atoms with van der Waals surface area (Å²) in [6.45, 7) is 6.97. The average Bonchev–Trinajstić information content (AvgIpc) is 2.95. The number of ketones is 1. The molecular formula is C13H19NO3. The molecule has 4 nitrogen and oxygen atoms in total. The molecule has 0 saturated heterocycles. The zero-order valence-electron chi connectivity index (χ0n) is 10.8. The summed E-state index contributed by atoms with van der Waals surface area (Å²) in [5.41, 5.74) is -1.58. The molecule has 0 aromatic rings. The second-order valence-electron chi connectivity index (χ2n) is 5.58. The quantitative estimate of drug-likeness (QED) is 0.602. The van der Waals surface area contributed by atoms with Gasteiger partial charge in [-0.2, -0.15) is 0 Å². The molecule has 0 bridgehead atoms. The van der Waals surface area contributed by atoms with Gasteiger partial charge in [-0.1, -0.05) is 0 Å². The highest BCUT2D eigenvalue weighted by atomic mass is 16.6. The number of Topliss-reactive ketones (excluding diaryl/α,β-unsaturated/α-hetero) is 1. The lowest BCUT2D eigenvalue weighted by atomic mass is 9.91. The molecule has 1 unspecified atom stereocenters. The van der Waals surface area contributed by atoms with Gasteiger partial charge in [-0.3, -0.25) is 4.79 Å². The predicted molar refractivity (Wildman–Crippen MR) is 64.3 cm³/mol. The first-order chi connectivity index (χ1) is 7.69. The van der Waals surface area contributed by atoms with Crippen LogP contribution < -0.4 is 5.32 Å². The summed E-state index contributed by atoms with van der Waals surface area (Å²) in [6.07, 6.45) is 6.34. The second kappa shape index (κ2) is 4.40. The molecule has 1 rings (SSSR count). The van der Waals surface area contributed by atoms with Crippen LogP contribution in [0.1, 0.15) is 40.5 Å². The highest BCUT2D eigenvalue weighted by Gasteiger charge is 2.48. The van der Waals surface area contributed by atoms with Crippen LogP contribution in [-0.2, 0) is 9.53 Å². The van der Waals surface area contributed by atoms with E-state index < -0.39 is 23.0 Å². The van der Waals surface area contributed by atoms with Crippen molar-refractivity contribution < 1.29 is 14.3 Å². The van der Waals surface area contributed by atoms with Crippen molar-refractivity contribution in [2.45, 2.75) is 51.7 Å². The molecule has 94 valence electrons. The van der Waals surface area contributed by atoms with Gasteiger partial charge in [0.15, 0.2) is 0 Å². The maximum absolute atomic E-state index is 11.7. The fourth-order valence-corrected chi connectivity index (χ4v) is 1.67. The van der Waals surface area contributed by atoms with Crippen molar-refractivity contribution in [3.63, 3.8) is 0 Å². The van der Waals surface area contributed by atoms with E-state index in [4.69, 9.17) is 11.2 Å². The van der Waals surface area contributed by atoms with Crippen LogP contribution in [0.4, 0.5) is 4.79 Å². The Balaban J connectivity index is 2.72. The van der Waals surface area contributed by atoms with Crippen LogP contribution in [0.25, 0.3) is 0 Å². The van der Waals surface area contributed by atoms with Gasteiger partial charge in [0.25, 0.3) is 0 Å². The Morgan fingerprint density at radius 3 is 2.18 bits per heavy atom. The molecular weight excluding hydrogens is 218 g/mol. The first-order valence-corrected chi connectivity index (χ1v) is 5.71. The fraction of sp³-hybridized carbons (Fsp3) is 0.692. The standard InChI is InChI=1S/C13H19NO3/c1-6-10(15)13(5,9-7-8-9)14-11(16)17-12(2,3)4/h1,9H,7-8H2,2-5H3,(H,14,16). The number of carbonyl (C=O) groups is 2. The smallest absolute Gasteiger partial charge is 0.408 e. The van der Waals surface area contributed by atoms with Crippen molar-refractivity contribution in [2.24, 2.45) is 5.92 Å². The number of alkyl carbamates (subject to hydrolysis) is 1. The van der Waals surface area contributed by atoms with E-state index in [1.54, 1.807) is 27.7 Å². The zero-order chi connectivity index (χ0) is 13.3. The maximum atomic E-state index is 11.7. The number of rotatable bonds is 3. The largest absolute Gasteiger partial charge is 0.444 e. The fourth-order valence-electron chi connectivity index (χ4n) is 1.67. The minimum Gasteiger partial charge on any atom is -0.444 e. The topological polar surface area (TPSA) is 55.4 Å². The highest BCUT2D eigenvalue weighted by Crippen LogP contribution is 2.40. The molecule has 17 heavy (non-hydrogen) atoms. The third-order valence-electron chi connectivity index (χ3n) is 2.76. The van der Waals surface area contributed by atoms with Gasteiger partial charge in [0.1, 0.15) is 11.1 Å². The van der Waals surface area contributed by atoms with Crippen molar-refractivity contribution in [2.75, 3.05) is 0 Å². The summed E-state index contributed by atoms with van der Waals surface area (Å²) in [7, 11) is 0. The lowest BCUT2D eigenvalue weighted by Gasteiger charge is -2.29. The van der Waals surface area contributed by atoms with Crippen molar-refractivity contribution in [3.8, 4) is 12.3 Å². The summed E-state index contributed by atoms with van der Waals surface area (Å²) < 4.78 is 5.14. The number of nitrogens with one attached hydrogen (secondary N) is 1. The Hall–Kier alpha value is -1.50. The summed E-state index contributed by atoms with van der Waals surface area (Å²) in [6, 6.07) is 0. The molecule has 4 heteroatoms. The Morgan fingerprint density at radius 1 is 1.29 bits per heavy atom. The van der Waals surface area contributed by atoms with Gasteiger partial charge in [-0.25, -0.2) is 4.79 Å². The molecule has 0 aliphatic heterocycles. The van der Waals surface area contributed by atoms with E-state index in [1.165, 1.54) is 0 Å². The third-order valence-corrected chi connectivity index (χ3v) is 2.76. The number of amides is 1. The summed E-state index contributed by atoms with van der Waals surface area (Å²) in [4.78, 5) is 23.4. The van der Waals surface area contributed by atoms with E-state index in [0.29, 0.717) is 0 Å². The van der Waals surface area contributed by atoms with E-state index in [1.807, 2.05) is 0 Å². The van der Waals surface area contributed by atoms with Crippen molar-refractivity contribution in [1.29, 1.82) is 0 Å². The first-order valence-electron chi connectivity index (χ1n) is 5.71. The molecule has 0 aromatic heterocycles. The molecule has 1 N–H and O–H groups in total. The number of hydrogen-bond acceptors (Lipinski definition) is 3. The van der Waals surface area contributed by atoms with Gasteiger partial charge in [0, 0.05) is 0 Å². The molecule has 1 saturated carbocycles. The van der Waals surface area contributed by atoms with Crippen LogP contribution in [0.2, 0.25) is 0 Å². The Bertz CT molecular complexity index is 371. The van der Waals surface area contributed by atoms with Gasteiger partial charge < -0.3 is 10.1 Å². The van der Waals surface area contributed by atoms with Crippen LogP contribution in [0.15, 0.2) is 0 Å². The SMILES string of the molecule is C#CC(=O)C(C)(NC(=O)OC(C)(C)C)C1CC1. The van der Waals surface area contributed by atoms with Gasteiger partial charge in [-0.05, 0) is 52.4 Å². The minimum atomic E-state index is -0.989. The summed E-state index contributed by atoms with van der Waals surface area (Å²) >= 11 is 0. The van der Waals surface area contributed by atoms with E-state index in [2.05, 4.69) is 11.2 Å². The Labute approximate surface area is 102 Å². The first kappa shape index (κ1) is 13.6. The third kappa shape index (κ3) is 3.48. The van der Waals surface area contributed by atoms with Gasteiger partial charge in [0.2, 0.25) is 5.78 Å². The molecule has 0 heterocycles. The predicted octanol–water partition coefficient (Wildman–Crippen LogP) is 1.88. The van der Waals surface area contributed by atoms with E-state index in [9.17, 15) is 9.59 Å². The van der Waals surface area contributed by atoms with E-state index >= 15 is 0 Å². The average molecular weight is 237 g/mol. The molecule has 1 fully saturated rings. The van der Waals surface area contributed by atoms with Crippen molar-refractivity contribution >= 4 is 11.9 Å². The minimum absolute atomic E-state index is 0.124. The zero-order valence-corrected chi connectivity index (χ0v) is 10.8. The molecule has 0 radical (unpaired) electrons. The Morgan fingerprint density at radius 2 is 1.82 bits per heavy atom. The van der Waals surface area contributed by atoms with Crippen molar-refractivity contribution in [1.82, 2.24) is 5.32 Å².